The van der Waals surface area contributed by atoms with Crippen LogP contribution in [0.3, 0.4) is 0 Å². The minimum Gasteiger partial charge on any atom is -0.506 e. The molecule has 0 aliphatic heterocycles. The molecule has 1 heterocycles. The van der Waals surface area contributed by atoms with Gasteiger partial charge in [-0.1, -0.05) is 15.9 Å². The van der Waals surface area contributed by atoms with Crippen molar-refractivity contribution in [3.8, 4) is 5.75 Å². The van der Waals surface area contributed by atoms with Crippen molar-refractivity contribution in [1.82, 2.24) is 10.3 Å². The first-order chi connectivity index (χ1) is 11.4. The van der Waals surface area contributed by atoms with Gasteiger partial charge in [-0.15, -0.1) is 0 Å². The fraction of sp³-hybridized carbons (Fsp3) is 0.375. The highest BCUT2D eigenvalue weighted by atomic mass is 79.9. The number of amides is 1. The van der Waals surface area contributed by atoms with Crippen LogP contribution < -0.4 is 15.8 Å². The van der Waals surface area contributed by atoms with Gasteiger partial charge < -0.3 is 20.3 Å². The molecule has 0 aliphatic carbocycles. The second-order valence-electron chi connectivity index (χ2n) is 5.45. The predicted molar refractivity (Wildman–Crippen MR) is 101 cm³/mol. The zero-order valence-electron chi connectivity index (χ0n) is 13.5. The lowest BCUT2D eigenvalue weighted by Crippen LogP contribution is -3.12. The van der Waals surface area contributed by atoms with Crippen LogP contribution in [0.4, 0.5) is 0 Å². The van der Waals surface area contributed by atoms with Gasteiger partial charge in [-0.3, -0.25) is 9.59 Å². The molecule has 0 aliphatic rings. The summed E-state index contributed by atoms with van der Waals surface area (Å²) in [6, 6.07) is 3.41. The SMILES string of the molecule is CC[NH+](CC)CCNC(=O)c1c(O)c2cc(Br)cc(Br)c2[nH]c1=O. The Hall–Kier alpha value is -1.38. The Bertz CT molecular complexity index is 816. The van der Waals surface area contributed by atoms with Gasteiger partial charge in [0.2, 0.25) is 0 Å². The van der Waals surface area contributed by atoms with E-state index in [4.69, 9.17) is 0 Å². The highest BCUT2D eigenvalue weighted by Crippen LogP contribution is 2.32. The molecular formula is C16H20Br2N3O3+. The molecule has 0 spiro atoms. The van der Waals surface area contributed by atoms with Crippen molar-refractivity contribution in [1.29, 1.82) is 0 Å². The summed E-state index contributed by atoms with van der Waals surface area (Å²) in [6.07, 6.45) is 0. The fourth-order valence-electron chi connectivity index (χ4n) is 2.56. The molecule has 1 aromatic heterocycles. The number of hydrogen-bond donors (Lipinski definition) is 4. The first-order valence-corrected chi connectivity index (χ1v) is 9.33. The van der Waals surface area contributed by atoms with Gasteiger partial charge in [-0.25, -0.2) is 0 Å². The smallest absolute Gasteiger partial charge is 0.265 e. The Morgan fingerprint density at radius 1 is 1.29 bits per heavy atom. The van der Waals surface area contributed by atoms with Crippen LogP contribution in [0.25, 0.3) is 10.9 Å². The quantitative estimate of drug-likeness (QED) is 0.524. The van der Waals surface area contributed by atoms with Gasteiger partial charge in [0.1, 0.15) is 11.3 Å². The highest BCUT2D eigenvalue weighted by Gasteiger charge is 2.20. The molecule has 0 fully saturated rings. The van der Waals surface area contributed by atoms with Crippen molar-refractivity contribution in [3.05, 3.63) is 37.0 Å². The molecule has 0 radical (unpaired) electrons. The number of halogens is 2. The van der Waals surface area contributed by atoms with E-state index in [-0.39, 0.29) is 11.3 Å². The van der Waals surface area contributed by atoms with Crippen LogP contribution >= 0.6 is 31.9 Å². The molecule has 1 aromatic carbocycles. The summed E-state index contributed by atoms with van der Waals surface area (Å²) in [4.78, 5) is 28.6. The lowest BCUT2D eigenvalue weighted by Gasteiger charge is -2.15. The number of aromatic nitrogens is 1. The third kappa shape index (κ3) is 3.99. The molecule has 6 nitrogen and oxygen atoms in total. The Morgan fingerprint density at radius 2 is 1.96 bits per heavy atom. The number of rotatable bonds is 6. The second-order valence-corrected chi connectivity index (χ2v) is 7.22. The van der Waals surface area contributed by atoms with E-state index < -0.39 is 11.5 Å². The fourth-order valence-corrected chi connectivity index (χ4v) is 3.89. The summed E-state index contributed by atoms with van der Waals surface area (Å²) >= 11 is 6.67. The summed E-state index contributed by atoms with van der Waals surface area (Å²) in [6.45, 7) is 7.30. The highest BCUT2D eigenvalue weighted by molar-refractivity contribution is 9.11. The van der Waals surface area contributed by atoms with E-state index in [1.807, 2.05) is 0 Å². The van der Waals surface area contributed by atoms with E-state index >= 15 is 0 Å². The zero-order valence-corrected chi connectivity index (χ0v) is 16.7. The van der Waals surface area contributed by atoms with Gasteiger partial charge in [-0.05, 0) is 41.9 Å². The van der Waals surface area contributed by atoms with Gasteiger partial charge in [-0.2, -0.15) is 0 Å². The molecule has 0 atom stereocenters. The number of fused-ring (bicyclic) bond motifs is 1. The topological polar surface area (TPSA) is 86.6 Å². The summed E-state index contributed by atoms with van der Waals surface area (Å²) < 4.78 is 1.34. The van der Waals surface area contributed by atoms with Crippen LogP contribution in [-0.4, -0.2) is 42.2 Å². The maximum atomic E-state index is 12.3. The molecule has 0 saturated heterocycles. The van der Waals surface area contributed by atoms with Crippen LogP contribution in [0.1, 0.15) is 24.2 Å². The molecule has 8 heteroatoms. The molecular weight excluding hydrogens is 442 g/mol. The standard InChI is InChI=1S/C16H19Br2N3O3/c1-3-21(4-2)6-5-19-15(23)12-14(22)10-7-9(17)8-11(18)13(10)20-16(12)24/h7-8H,3-6H2,1-2H3,(H,19,23)(H2,20,22,24)/p+1. The van der Waals surface area contributed by atoms with E-state index in [0.29, 0.717) is 21.9 Å². The number of likely N-dealkylation sites (N-methyl/N-ethyl adjacent to an activating group) is 1. The van der Waals surface area contributed by atoms with Crippen molar-refractivity contribution >= 4 is 48.7 Å². The van der Waals surface area contributed by atoms with E-state index in [2.05, 4.69) is 56.0 Å². The molecule has 2 aromatic rings. The summed E-state index contributed by atoms with van der Waals surface area (Å²) in [7, 11) is 0. The summed E-state index contributed by atoms with van der Waals surface area (Å²) in [5.74, 6) is -0.887. The van der Waals surface area contributed by atoms with Crippen molar-refractivity contribution in [2.45, 2.75) is 13.8 Å². The Balaban J connectivity index is 2.32. The number of hydrogen-bond acceptors (Lipinski definition) is 3. The van der Waals surface area contributed by atoms with Crippen molar-refractivity contribution in [2.75, 3.05) is 26.2 Å². The number of aromatic hydroxyl groups is 1. The summed E-state index contributed by atoms with van der Waals surface area (Å²) in [5, 5.41) is 13.5. The van der Waals surface area contributed by atoms with Crippen LogP contribution in [0, 0.1) is 0 Å². The van der Waals surface area contributed by atoms with Crippen LogP contribution in [-0.2, 0) is 0 Å². The number of carbonyl (C=O) groups excluding carboxylic acids is 1. The lowest BCUT2D eigenvalue weighted by molar-refractivity contribution is -0.895. The maximum absolute atomic E-state index is 12.3. The maximum Gasteiger partial charge on any atom is 0.265 e. The molecule has 2 rings (SSSR count). The molecule has 0 unspecified atom stereocenters. The Morgan fingerprint density at radius 3 is 2.58 bits per heavy atom. The zero-order chi connectivity index (χ0) is 17.9. The van der Waals surface area contributed by atoms with Crippen molar-refractivity contribution in [2.24, 2.45) is 0 Å². The molecule has 0 saturated carbocycles. The van der Waals surface area contributed by atoms with Crippen LogP contribution in [0.5, 0.6) is 5.75 Å². The number of H-pyrrole nitrogens is 1. The van der Waals surface area contributed by atoms with Crippen molar-refractivity contribution < 1.29 is 14.8 Å². The average molecular weight is 462 g/mol. The monoisotopic (exact) mass is 460 g/mol. The molecule has 130 valence electrons. The van der Waals surface area contributed by atoms with E-state index in [0.717, 1.165) is 24.1 Å². The first kappa shape index (κ1) is 19.0. The minimum atomic E-state index is -0.615. The number of quaternary nitrogens is 1. The number of benzene rings is 1. The third-order valence-electron chi connectivity index (χ3n) is 4.00. The number of carbonyl (C=O) groups is 1. The predicted octanol–water partition coefficient (Wildman–Crippen LogP) is 1.41. The normalized spacial score (nSPS) is 11.2. The number of pyridine rings is 1. The van der Waals surface area contributed by atoms with Gasteiger partial charge >= 0.3 is 0 Å². The third-order valence-corrected chi connectivity index (χ3v) is 5.09. The first-order valence-electron chi connectivity index (χ1n) is 7.74. The molecule has 4 N–H and O–H groups in total. The molecule has 1 amide bonds. The minimum absolute atomic E-state index is 0.262. The molecule has 0 bridgehead atoms. The van der Waals surface area contributed by atoms with Gasteiger partial charge in [0.15, 0.2) is 0 Å². The van der Waals surface area contributed by atoms with Crippen LogP contribution in [0.2, 0.25) is 0 Å². The largest absolute Gasteiger partial charge is 0.506 e. The van der Waals surface area contributed by atoms with E-state index in [1.165, 1.54) is 4.90 Å². The van der Waals surface area contributed by atoms with E-state index in [1.54, 1.807) is 12.1 Å². The van der Waals surface area contributed by atoms with Gasteiger partial charge in [0, 0.05) is 14.3 Å². The number of nitrogens with one attached hydrogen (secondary N) is 3. The molecule has 24 heavy (non-hydrogen) atoms. The van der Waals surface area contributed by atoms with Gasteiger partial charge in [0.05, 0.1) is 31.7 Å². The van der Waals surface area contributed by atoms with Crippen molar-refractivity contribution in [3.63, 3.8) is 0 Å². The van der Waals surface area contributed by atoms with E-state index in [9.17, 15) is 14.7 Å². The average Bonchev–Trinajstić information content (AvgIpc) is 2.53. The Kier molecular flexibility index (Phi) is 6.42. The van der Waals surface area contributed by atoms with Gasteiger partial charge in [0.25, 0.3) is 11.5 Å². The Labute approximate surface area is 156 Å². The lowest BCUT2D eigenvalue weighted by atomic mass is 10.1. The van der Waals surface area contributed by atoms with Crippen LogP contribution in [0.15, 0.2) is 25.9 Å². The number of aromatic amines is 1. The summed E-state index contributed by atoms with van der Waals surface area (Å²) in [5.41, 5.74) is -0.428. The second kappa shape index (κ2) is 8.13.